The minimum Gasteiger partial charge on any atom is -0.343 e. The number of nitrogens with zero attached hydrogens (tertiary/aromatic N) is 3. The van der Waals surface area contributed by atoms with E-state index in [-0.39, 0.29) is 11.5 Å². The van der Waals surface area contributed by atoms with Gasteiger partial charge in [-0.1, -0.05) is 23.9 Å². The van der Waals surface area contributed by atoms with Crippen molar-refractivity contribution >= 4 is 56.1 Å². The zero-order valence-corrected chi connectivity index (χ0v) is 18.2. The fourth-order valence-corrected chi connectivity index (χ4v) is 6.17. The molecule has 0 saturated carbocycles. The van der Waals surface area contributed by atoms with E-state index in [9.17, 15) is 4.79 Å². The van der Waals surface area contributed by atoms with Crippen molar-refractivity contribution in [1.29, 1.82) is 5.41 Å². The third kappa shape index (κ3) is 2.80. The van der Waals surface area contributed by atoms with Crippen LogP contribution in [-0.2, 0) is 6.54 Å². The number of fused-ring (bicyclic) bond motifs is 3. The predicted molar refractivity (Wildman–Crippen MR) is 121 cm³/mol. The summed E-state index contributed by atoms with van der Waals surface area (Å²) in [6.07, 6.45) is 0. The van der Waals surface area contributed by atoms with E-state index in [4.69, 9.17) is 5.41 Å². The van der Waals surface area contributed by atoms with E-state index < -0.39 is 21.3 Å². The molecular weight excluding hydrogens is 487 g/mol. The molecule has 1 aromatic heterocycles. The largest absolute Gasteiger partial charge is 0.343 e. The summed E-state index contributed by atoms with van der Waals surface area (Å²) in [5, 5.41) is 7.92. The number of hydrogen-bond donors (Lipinski definition) is 3. The highest BCUT2D eigenvalue weighted by Gasteiger charge is 2.23. The number of imidazole rings is 1. The van der Waals surface area contributed by atoms with Crippen LogP contribution in [0, 0.1) is 12.3 Å². The molecule has 0 radical (unpaired) electrons. The lowest BCUT2D eigenvalue weighted by Gasteiger charge is -2.30. The molecule has 3 aromatic rings. The van der Waals surface area contributed by atoms with Gasteiger partial charge in [-0.25, -0.2) is 4.79 Å². The second-order valence-corrected chi connectivity index (χ2v) is 9.37. The average Bonchev–Trinajstić information content (AvgIpc) is 2.98. The van der Waals surface area contributed by atoms with Gasteiger partial charge in [-0.15, -0.1) is 0 Å². The summed E-state index contributed by atoms with van der Waals surface area (Å²) in [4.78, 5) is 19.8. The number of benzene rings is 2. The number of aryl methyl sites for hydroxylation is 1. The van der Waals surface area contributed by atoms with Crippen molar-refractivity contribution in [3.05, 3.63) is 63.7 Å². The molecule has 0 bridgehead atoms. The van der Waals surface area contributed by atoms with E-state index >= 15 is 0 Å². The molecule has 2 aliphatic rings. The number of aromatic nitrogens is 2. The van der Waals surface area contributed by atoms with Gasteiger partial charge in [0.1, 0.15) is 32.8 Å². The highest BCUT2D eigenvalue weighted by molar-refractivity contribution is 14.2. The molecule has 0 amide bonds. The topological polar surface area (TPSA) is 89.3 Å². The molecule has 3 N–H and O–H groups in total. The summed E-state index contributed by atoms with van der Waals surface area (Å²) in [7, 11) is 2.09. The van der Waals surface area contributed by atoms with Gasteiger partial charge in [0.2, 0.25) is 0 Å². The van der Waals surface area contributed by atoms with Crippen LogP contribution in [0.2, 0.25) is 0 Å². The lowest BCUT2D eigenvalue weighted by molar-refractivity contribution is 0.770. The first-order valence-corrected chi connectivity index (χ1v) is 11.5. The van der Waals surface area contributed by atoms with Crippen molar-refractivity contribution < 1.29 is 0 Å². The molecule has 3 heterocycles. The van der Waals surface area contributed by atoms with Gasteiger partial charge in [0.25, 0.3) is 0 Å². The van der Waals surface area contributed by atoms with Gasteiger partial charge in [0.05, 0.1) is 17.9 Å². The van der Waals surface area contributed by atoms with Crippen LogP contribution in [-0.4, -0.2) is 22.4 Å². The Morgan fingerprint density at radius 1 is 1.18 bits per heavy atom. The number of rotatable bonds is 2. The smallest absolute Gasteiger partial charge is 0.328 e. The minimum absolute atomic E-state index is 0.159. The number of anilines is 3. The van der Waals surface area contributed by atoms with Crippen LogP contribution in [0.4, 0.5) is 17.2 Å². The Morgan fingerprint density at radius 2 is 1.93 bits per heavy atom. The number of amidine groups is 1. The third-order valence-corrected chi connectivity index (χ3v) is 7.47. The Bertz CT molecular complexity index is 1230. The highest BCUT2D eigenvalue weighted by Crippen LogP contribution is 2.47. The molecule has 28 heavy (non-hydrogen) atoms. The van der Waals surface area contributed by atoms with Crippen LogP contribution in [0.15, 0.2) is 54.1 Å². The molecule has 0 atom stereocenters. The van der Waals surface area contributed by atoms with Gasteiger partial charge in [0.15, 0.2) is 5.84 Å². The summed E-state index contributed by atoms with van der Waals surface area (Å²) >= 11 is 1.08. The second-order valence-electron chi connectivity index (χ2n) is 6.79. The van der Waals surface area contributed by atoms with Gasteiger partial charge < -0.3 is 13.4 Å². The van der Waals surface area contributed by atoms with Gasteiger partial charge in [-0.05, 0) is 42.3 Å². The third-order valence-electron chi connectivity index (χ3n) is 4.90. The molecule has 9 heteroatoms. The predicted octanol–water partition coefficient (Wildman–Crippen LogP) is 4.59. The zero-order valence-electron chi connectivity index (χ0n) is 15.2. The number of nitrogens with one attached hydrogen (secondary N) is 3. The van der Waals surface area contributed by atoms with E-state index in [2.05, 4.69) is 66.9 Å². The van der Waals surface area contributed by atoms with E-state index in [1.54, 1.807) is 16.3 Å². The number of aromatic amines is 1. The summed E-state index contributed by atoms with van der Waals surface area (Å²) in [5.74, 6) is 0.841. The minimum atomic E-state index is -0.682. The molecule has 2 aromatic carbocycles. The number of halogens is 1. The van der Waals surface area contributed by atoms with Crippen molar-refractivity contribution in [2.75, 3.05) is 15.5 Å². The van der Waals surface area contributed by atoms with Crippen molar-refractivity contribution in [2.24, 2.45) is 3.15 Å². The lowest BCUT2D eigenvalue weighted by Crippen LogP contribution is -2.19. The van der Waals surface area contributed by atoms with Crippen LogP contribution in [0.1, 0.15) is 16.8 Å². The lowest BCUT2D eigenvalue weighted by atomic mass is 10.1. The van der Waals surface area contributed by atoms with E-state index in [1.165, 1.54) is 21.0 Å². The van der Waals surface area contributed by atoms with Gasteiger partial charge in [0, 0.05) is 16.8 Å². The molecule has 0 saturated heterocycles. The first-order valence-electron chi connectivity index (χ1n) is 8.68. The molecule has 0 unspecified atom stereocenters. The molecule has 7 nitrogen and oxygen atoms in total. The van der Waals surface area contributed by atoms with Crippen LogP contribution in [0.3, 0.4) is 0 Å². The SMILES string of the molecule is Cc1ccc2c(c1)Sc1cc(Cn3c4c([nH]c3=O)C(=N)N=IN4)ccc1N2C. The van der Waals surface area contributed by atoms with Crippen molar-refractivity contribution in [3.8, 4) is 0 Å². The molecular formula is C19H17IN6OS. The van der Waals surface area contributed by atoms with E-state index in [0.717, 1.165) is 11.3 Å². The zero-order chi connectivity index (χ0) is 19.4. The van der Waals surface area contributed by atoms with Gasteiger partial charge in [-0.2, -0.15) is 3.15 Å². The maximum absolute atomic E-state index is 12.4. The normalized spacial score (nSPS) is 14.6. The van der Waals surface area contributed by atoms with E-state index in [0.29, 0.717) is 18.1 Å². The van der Waals surface area contributed by atoms with Crippen LogP contribution in [0.5, 0.6) is 0 Å². The van der Waals surface area contributed by atoms with Crippen LogP contribution < -0.4 is 14.1 Å². The van der Waals surface area contributed by atoms with E-state index in [1.807, 2.05) is 0 Å². The fraction of sp³-hybridized carbons (Fsp3) is 0.158. The summed E-state index contributed by atoms with van der Waals surface area (Å²) in [6, 6.07) is 12.8. The Balaban J connectivity index is 1.51. The molecule has 142 valence electrons. The Kier molecular flexibility index (Phi) is 4.16. The molecule has 0 aliphatic carbocycles. The fourth-order valence-electron chi connectivity index (χ4n) is 3.46. The van der Waals surface area contributed by atoms with Gasteiger partial charge >= 0.3 is 5.69 Å². The number of H-pyrrole nitrogens is 1. The maximum atomic E-state index is 12.4. The quantitative estimate of drug-likeness (QED) is 0.352. The van der Waals surface area contributed by atoms with Crippen molar-refractivity contribution in [3.63, 3.8) is 0 Å². The highest BCUT2D eigenvalue weighted by atomic mass is 127. The Labute approximate surface area is 176 Å². The number of hydrogen-bond acceptors (Lipinski definition) is 5. The summed E-state index contributed by atoms with van der Waals surface area (Å²) < 4.78 is 8.99. The first-order chi connectivity index (χ1) is 13.5. The molecule has 2 aliphatic heterocycles. The summed E-state index contributed by atoms with van der Waals surface area (Å²) in [6.45, 7) is 2.56. The van der Waals surface area contributed by atoms with Gasteiger partial charge in [-0.3, -0.25) is 9.98 Å². The molecule has 0 spiro atoms. The molecule has 0 fully saturated rings. The average molecular weight is 504 g/mol. The standard InChI is InChI=1S/C19H17IN6OS/c1-10-3-5-12-14(7-10)28-15-8-11(4-6-13(15)25(12)2)9-26-18-16(22-19(26)27)17(21)23-20-24-18/h3-8H,9H2,1-2H3,(H,22,27)(H2,21,23,24). The van der Waals surface area contributed by atoms with Crippen LogP contribution >= 0.6 is 33.1 Å². The maximum Gasteiger partial charge on any atom is 0.328 e. The van der Waals surface area contributed by atoms with Crippen molar-refractivity contribution in [2.45, 2.75) is 23.3 Å². The van der Waals surface area contributed by atoms with Crippen molar-refractivity contribution in [1.82, 2.24) is 9.55 Å². The molecule has 5 rings (SSSR count). The monoisotopic (exact) mass is 504 g/mol. The Hall–Kier alpha value is -2.40. The Morgan fingerprint density at radius 3 is 2.75 bits per heavy atom. The summed E-state index contributed by atoms with van der Waals surface area (Å²) in [5.41, 5.74) is 4.93. The first kappa shape index (κ1) is 17.7. The second kappa shape index (κ2) is 6.59. The van der Waals surface area contributed by atoms with Crippen LogP contribution in [0.25, 0.3) is 0 Å².